The third-order valence-electron chi connectivity index (χ3n) is 5.11. The summed E-state index contributed by atoms with van der Waals surface area (Å²) in [7, 11) is 0. The number of aryl methyl sites for hydroxylation is 1. The molecule has 8 heteroatoms. The first kappa shape index (κ1) is 15.8. The van der Waals surface area contributed by atoms with Crippen molar-refractivity contribution in [2.45, 2.75) is 6.92 Å². The second-order valence-electron chi connectivity index (χ2n) is 6.83. The minimum absolute atomic E-state index is 0.0465. The molecule has 1 aliphatic heterocycles. The van der Waals surface area contributed by atoms with Crippen molar-refractivity contribution in [1.82, 2.24) is 30.0 Å². The molecule has 4 aromatic rings. The van der Waals surface area contributed by atoms with E-state index in [-0.39, 0.29) is 5.91 Å². The van der Waals surface area contributed by atoms with E-state index in [4.69, 9.17) is 0 Å². The SMILES string of the molecule is Cc1cc2ncnc(N3CCN(C(=O)c4cccc5[nH]ncc45)CC3)c2[nH]1. The number of hydrogen-bond acceptors (Lipinski definition) is 5. The molecule has 0 saturated carbocycles. The first-order valence-electron chi connectivity index (χ1n) is 8.97. The number of H-pyrrole nitrogens is 2. The Morgan fingerprint density at radius 2 is 2.00 bits per heavy atom. The number of carbonyl (C=O) groups is 1. The minimum Gasteiger partial charge on any atom is -0.354 e. The summed E-state index contributed by atoms with van der Waals surface area (Å²) in [6.07, 6.45) is 3.31. The molecule has 5 rings (SSSR count). The van der Waals surface area contributed by atoms with Crippen molar-refractivity contribution in [3.63, 3.8) is 0 Å². The van der Waals surface area contributed by atoms with Crippen molar-refractivity contribution in [3.05, 3.63) is 48.0 Å². The van der Waals surface area contributed by atoms with E-state index in [1.54, 1.807) is 12.5 Å². The fourth-order valence-corrected chi connectivity index (χ4v) is 3.74. The molecular weight excluding hydrogens is 342 g/mol. The minimum atomic E-state index is 0.0465. The van der Waals surface area contributed by atoms with Crippen LogP contribution in [-0.4, -0.2) is 62.1 Å². The Labute approximate surface area is 155 Å². The Kier molecular flexibility index (Phi) is 3.56. The number of amides is 1. The van der Waals surface area contributed by atoms with Gasteiger partial charge in [-0.3, -0.25) is 9.89 Å². The highest BCUT2D eigenvalue weighted by Crippen LogP contribution is 2.25. The summed E-state index contributed by atoms with van der Waals surface area (Å²) < 4.78 is 0. The lowest BCUT2D eigenvalue weighted by molar-refractivity contribution is 0.0748. The number of aromatic nitrogens is 5. The van der Waals surface area contributed by atoms with Crippen LogP contribution in [0.5, 0.6) is 0 Å². The van der Waals surface area contributed by atoms with E-state index in [9.17, 15) is 4.79 Å². The van der Waals surface area contributed by atoms with Crippen molar-refractivity contribution in [2.24, 2.45) is 0 Å². The number of fused-ring (bicyclic) bond motifs is 2. The summed E-state index contributed by atoms with van der Waals surface area (Å²) in [5.41, 5.74) is 4.51. The van der Waals surface area contributed by atoms with Gasteiger partial charge in [-0.05, 0) is 25.1 Å². The molecule has 0 spiro atoms. The molecule has 0 atom stereocenters. The number of hydrogen-bond donors (Lipinski definition) is 2. The second kappa shape index (κ2) is 6.08. The Balaban J connectivity index is 1.37. The van der Waals surface area contributed by atoms with E-state index in [1.807, 2.05) is 36.1 Å². The number of aromatic amines is 2. The topological polar surface area (TPSA) is 93.8 Å². The number of piperazine rings is 1. The maximum absolute atomic E-state index is 13.0. The van der Waals surface area contributed by atoms with Gasteiger partial charge >= 0.3 is 0 Å². The maximum Gasteiger partial charge on any atom is 0.254 e. The van der Waals surface area contributed by atoms with E-state index in [0.717, 1.165) is 46.5 Å². The van der Waals surface area contributed by atoms with Crippen molar-refractivity contribution in [3.8, 4) is 0 Å². The Morgan fingerprint density at radius 1 is 1.15 bits per heavy atom. The van der Waals surface area contributed by atoms with E-state index in [1.165, 1.54) is 0 Å². The zero-order valence-corrected chi connectivity index (χ0v) is 14.9. The van der Waals surface area contributed by atoms with Crippen LogP contribution >= 0.6 is 0 Å². The van der Waals surface area contributed by atoms with Gasteiger partial charge in [-0.1, -0.05) is 6.07 Å². The van der Waals surface area contributed by atoms with Crippen LogP contribution in [0.1, 0.15) is 16.1 Å². The van der Waals surface area contributed by atoms with Crippen LogP contribution in [0.3, 0.4) is 0 Å². The van der Waals surface area contributed by atoms with Crippen LogP contribution in [-0.2, 0) is 0 Å². The van der Waals surface area contributed by atoms with Crippen LogP contribution in [0.15, 0.2) is 36.8 Å². The number of nitrogens with one attached hydrogen (secondary N) is 2. The summed E-state index contributed by atoms with van der Waals surface area (Å²) in [6, 6.07) is 7.69. The molecule has 1 amide bonds. The molecule has 8 nitrogen and oxygen atoms in total. The highest BCUT2D eigenvalue weighted by molar-refractivity contribution is 6.06. The molecule has 2 N–H and O–H groups in total. The van der Waals surface area contributed by atoms with Crippen molar-refractivity contribution < 1.29 is 4.79 Å². The quantitative estimate of drug-likeness (QED) is 0.570. The van der Waals surface area contributed by atoms with Crippen molar-refractivity contribution >= 4 is 33.7 Å². The largest absolute Gasteiger partial charge is 0.354 e. The number of rotatable bonds is 2. The Bertz CT molecular complexity index is 1140. The van der Waals surface area contributed by atoms with Crippen LogP contribution in [0.25, 0.3) is 21.9 Å². The van der Waals surface area contributed by atoms with Gasteiger partial charge in [0.1, 0.15) is 11.8 Å². The average molecular weight is 361 g/mol. The zero-order valence-electron chi connectivity index (χ0n) is 14.9. The summed E-state index contributed by atoms with van der Waals surface area (Å²) in [5, 5.41) is 7.83. The molecule has 1 aliphatic rings. The van der Waals surface area contributed by atoms with Crippen LogP contribution < -0.4 is 4.90 Å². The number of anilines is 1. The van der Waals surface area contributed by atoms with Gasteiger partial charge in [0.05, 0.1) is 22.8 Å². The third kappa shape index (κ3) is 2.61. The highest BCUT2D eigenvalue weighted by atomic mass is 16.2. The van der Waals surface area contributed by atoms with Gasteiger partial charge in [-0.25, -0.2) is 9.97 Å². The molecule has 4 heterocycles. The number of nitrogens with zero attached hydrogens (tertiary/aromatic N) is 5. The Morgan fingerprint density at radius 3 is 2.85 bits per heavy atom. The molecule has 136 valence electrons. The predicted octanol–water partition coefficient (Wildman–Crippen LogP) is 2.11. The fraction of sp³-hybridized carbons (Fsp3) is 0.263. The molecule has 27 heavy (non-hydrogen) atoms. The summed E-state index contributed by atoms with van der Waals surface area (Å²) in [6.45, 7) is 4.78. The normalized spacial score (nSPS) is 15.0. The van der Waals surface area contributed by atoms with E-state index >= 15 is 0 Å². The zero-order chi connectivity index (χ0) is 18.4. The van der Waals surface area contributed by atoms with Crippen LogP contribution in [0, 0.1) is 6.92 Å². The fourth-order valence-electron chi connectivity index (χ4n) is 3.74. The van der Waals surface area contributed by atoms with Crippen molar-refractivity contribution in [1.29, 1.82) is 0 Å². The lowest BCUT2D eigenvalue weighted by atomic mass is 10.1. The van der Waals surface area contributed by atoms with Gasteiger partial charge in [0.25, 0.3) is 5.91 Å². The lowest BCUT2D eigenvalue weighted by Gasteiger charge is -2.35. The second-order valence-corrected chi connectivity index (χ2v) is 6.83. The summed E-state index contributed by atoms with van der Waals surface area (Å²) >= 11 is 0. The molecule has 1 saturated heterocycles. The molecule has 0 radical (unpaired) electrons. The molecule has 0 aliphatic carbocycles. The summed E-state index contributed by atoms with van der Waals surface area (Å²) in [5.74, 6) is 0.947. The molecule has 1 aromatic carbocycles. The maximum atomic E-state index is 13.0. The van der Waals surface area contributed by atoms with Gasteiger partial charge in [0.2, 0.25) is 0 Å². The Hall–Kier alpha value is -3.42. The monoisotopic (exact) mass is 361 g/mol. The lowest BCUT2D eigenvalue weighted by Crippen LogP contribution is -2.49. The number of benzene rings is 1. The van der Waals surface area contributed by atoms with E-state index in [0.29, 0.717) is 18.7 Å². The highest BCUT2D eigenvalue weighted by Gasteiger charge is 2.25. The first-order chi connectivity index (χ1) is 13.2. The van der Waals surface area contributed by atoms with Crippen LogP contribution in [0.2, 0.25) is 0 Å². The van der Waals surface area contributed by atoms with Gasteiger partial charge in [-0.2, -0.15) is 5.10 Å². The molecule has 0 bridgehead atoms. The average Bonchev–Trinajstić information content (AvgIpc) is 3.32. The van der Waals surface area contributed by atoms with E-state index < -0.39 is 0 Å². The summed E-state index contributed by atoms with van der Waals surface area (Å²) in [4.78, 5) is 29.3. The molecular formula is C19H19N7O. The van der Waals surface area contributed by atoms with E-state index in [2.05, 4.69) is 30.0 Å². The predicted molar refractivity (Wildman–Crippen MR) is 103 cm³/mol. The van der Waals surface area contributed by atoms with Gasteiger partial charge in [-0.15, -0.1) is 0 Å². The van der Waals surface area contributed by atoms with Crippen molar-refractivity contribution in [2.75, 3.05) is 31.1 Å². The molecule has 0 unspecified atom stereocenters. The van der Waals surface area contributed by atoms with Gasteiger partial charge in [0, 0.05) is 37.3 Å². The van der Waals surface area contributed by atoms with Gasteiger partial charge in [0.15, 0.2) is 5.82 Å². The molecule has 3 aromatic heterocycles. The van der Waals surface area contributed by atoms with Gasteiger partial charge < -0.3 is 14.8 Å². The third-order valence-corrected chi connectivity index (χ3v) is 5.11. The number of carbonyl (C=O) groups excluding carboxylic acids is 1. The smallest absolute Gasteiger partial charge is 0.254 e. The standard InChI is InChI=1S/C19H19N7O/c1-12-9-16-17(23-12)18(21-11-20-16)25-5-7-26(8-6-25)19(27)13-3-2-4-15-14(13)10-22-24-15/h2-4,9-11,23H,5-8H2,1H3,(H,22,24). The van der Waals surface area contributed by atoms with Crippen LogP contribution in [0.4, 0.5) is 5.82 Å². The molecule has 1 fully saturated rings. The first-order valence-corrected chi connectivity index (χ1v) is 8.97.